The van der Waals surface area contributed by atoms with Crippen LogP contribution in [0.4, 0.5) is 15.8 Å². The van der Waals surface area contributed by atoms with Gasteiger partial charge in [0.1, 0.15) is 10.7 Å². The average molecular weight is 446 g/mol. The number of sulfonamides is 1. The molecule has 0 bridgehead atoms. The molecule has 0 atom stereocenters. The van der Waals surface area contributed by atoms with Crippen LogP contribution in [-0.4, -0.2) is 31.6 Å². The van der Waals surface area contributed by atoms with Crippen molar-refractivity contribution in [1.82, 2.24) is 4.98 Å². The van der Waals surface area contributed by atoms with Crippen LogP contribution in [0.3, 0.4) is 0 Å². The number of nitrogens with zero attached hydrogens (tertiary/aromatic N) is 2. The molecule has 0 spiro atoms. The van der Waals surface area contributed by atoms with E-state index in [2.05, 4.69) is 10.3 Å². The number of rotatable bonds is 5. The first-order valence-corrected chi connectivity index (χ1v) is 11.9. The molecule has 1 aromatic heterocycles. The molecule has 1 amide bonds. The SMILES string of the molecule is Cc1nc(Cc2ccccc2)sc1C(=O)Nc1ccc(F)c(N2CCCS2(=O)=O)c1. The molecule has 0 radical (unpaired) electrons. The fourth-order valence-electron chi connectivity index (χ4n) is 3.39. The number of hydrogen-bond donors (Lipinski definition) is 1. The molecule has 156 valence electrons. The van der Waals surface area contributed by atoms with E-state index in [9.17, 15) is 17.6 Å². The van der Waals surface area contributed by atoms with Gasteiger partial charge in [-0.3, -0.25) is 9.10 Å². The van der Waals surface area contributed by atoms with Gasteiger partial charge >= 0.3 is 0 Å². The number of aryl methyl sites for hydroxylation is 1. The normalized spacial score (nSPS) is 15.3. The number of nitrogens with one attached hydrogen (secondary N) is 1. The van der Waals surface area contributed by atoms with Gasteiger partial charge < -0.3 is 5.32 Å². The van der Waals surface area contributed by atoms with Gasteiger partial charge in [0.05, 0.1) is 22.1 Å². The molecule has 2 aromatic carbocycles. The van der Waals surface area contributed by atoms with Crippen molar-refractivity contribution in [2.45, 2.75) is 19.8 Å². The van der Waals surface area contributed by atoms with Crippen LogP contribution in [0.2, 0.25) is 0 Å². The highest BCUT2D eigenvalue weighted by Gasteiger charge is 2.30. The second-order valence-electron chi connectivity index (χ2n) is 7.05. The predicted molar refractivity (Wildman–Crippen MR) is 116 cm³/mol. The van der Waals surface area contributed by atoms with Crippen LogP contribution in [-0.2, 0) is 16.4 Å². The molecule has 0 saturated carbocycles. The number of anilines is 2. The molecule has 1 saturated heterocycles. The highest BCUT2D eigenvalue weighted by atomic mass is 32.2. The van der Waals surface area contributed by atoms with Crippen LogP contribution in [0.25, 0.3) is 0 Å². The number of halogens is 1. The van der Waals surface area contributed by atoms with E-state index in [1.807, 2.05) is 30.3 Å². The van der Waals surface area contributed by atoms with E-state index in [0.717, 1.165) is 14.9 Å². The second-order valence-corrected chi connectivity index (χ2v) is 10.1. The summed E-state index contributed by atoms with van der Waals surface area (Å²) in [7, 11) is -3.52. The molecule has 1 fully saturated rings. The van der Waals surface area contributed by atoms with Gasteiger partial charge in [0, 0.05) is 18.7 Å². The van der Waals surface area contributed by atoms with Crippen molar-refractivity contribution in [2.24, 2.45) is 0 Å². The molecule has 4 rings (SSSR count). The Morgan fingerprint density at radius 1 is 1.23 bits per heavy atom. The van der Waals surface area contributed by atoms with E-state index >= 15 is 0 Å². The van der Waals surface area contributed by atoms with E-state index < -0.39 is 15.8 Å². The van der Waals surface area contributed by atoms with Crippen LogP contribution in [0, 0.1) is 12.7 Å². The van der Waals surface area contributed by atoms with Gasteiger partial charge in [-0.15, -0.1) is 11.3 Å². The Hall–Kier alpha value is -2.78. The molecule has 1 aliphatic rings. The predicted octanol–water partition coefficient (Wildman–Crippen LogP) is 3.97. The lowest BCUT2D eigenvalue weighted by molar-refractivity contribution is 0.103. The zero-order valence-electron chi connectivity index (χ0n) is 16.3. The maximum atomic E-state index is 14.3. The van der Waals surface area contributed by atoms with E-state index in [-0.39, 0.29) is 23.9 Å². The van der Waals surface area contributed by atoms with Crippen molar-refractivity contribution in [3.05, 3.63) is 75.5 Å². The summed E-state index contributed by atoms with van der Waals surface area (Å²) in [5, 5.41) is 3.56. The Kier molecular flexibility index (Phi) is 5.57. The average Bonchev–Trinajstić information content (AvgIpc) is 3.25. The third-order valence-corrected chi connectivity index (χ3v) is 7.83. The lowest BCUT2D eigenvalue weighted by Crippen LogP contribution is -2.26. The third kappa shape index (κ3) is 4.22. The summed E-state index contributed by atoms with van der Waals surface area (Å²) in [6, 6.07) is 13.8. The summed E-state index contributed by atoms with van der Waals surface area (Å²) < 4.78 is 39.6. The minimum atomic E-state index is -3.52. The zero-order chi connectivity index (χ0) is 21.3. The molecule has 6 nitrogen and oxygen atoms in total. The number of aromatic nitrogens is 1. The summed E-state index contributed by atoms with van der Waals surface area (Å²) in [4.78, 5) is 17.7. The molecular weight excluding hydrogens is 425 g/mol. The van der Waals surface area contributed by atoms with E-state index in [4.69, 9.17) is 0 Å². The van der Waals surface area contributed by atoms with E-state index in [0.29, 0.717) is 29.1 Å². The number of hydrogen-bond acceptors (Lipinski definition) is 5. The van der Waals surface area contributed by atoms with Crippen molar-refractivity contribution in [3.8, 4) is 0 Å². The van der Waals surface area contributed by atoms with Crippen molar-refractivity contribution in [2.75, 3.05) is 21.9 Å². The lowest BCUT2D eigenvalue weighted by Gasteiger charge is -2.18. The molecule has 1 aliphatic heterocycles. The van der Waals surface area contributed by atoms with Crippen molar-refractivity contribution in [3.63, 3.8) is 0 Å². The molecule has 9 heteroatoms. The summed E-state index contributed by atoms with van der Waals surface area (Å²) in [6.07, 6.45) is 1.08. The Morgan fingerprint density at radius 3 is 2.70 bits per heavy atom. The molecular formula is C21H20FN3O3S2. The number of carbonyl (C=O) groups is 1. The first-order chi connectivity index (χ1) is 14.3. The summed E-state index contributed by atoms with van der Waals surface area (Å²) in [5.41, 5.74) is 2.01. The standard InChI is InChI=1S/C21H20FN3O3S2/c1-14-20(29-19(23-14)12-15-6-3-2-4-7-15)21(26)24-16-8-9-17(22)18(13-16)25-10-5-11-30(25,27)28/h2-4,6-9,13H,5,10-12H2,1H3,(H,24,26). The Labute approximate surface area is 178 Å². The number of thiazole rings is 1. The number of carbonyl (C=O) groups excluding carboxylic acids is 1. The van der Waals surface area contributed by atoms with Gasteiger partial charge in [-0.1, -0.05) is 30.3 Å². The maximum Gasteiger partial charge on any atom is 0.267 e. The summed E-state index contributed by atoms with van der Waals surface area (Å²) >= 11 is 1.31. The fraction of sp³-hybridized carbons (Fsp3) is 0.238. The topological polar surface area (TPSA) is 79.4 Å². The van der Waals surface area contributed by atoms with Crippen LogP contribution >= 0.6 is 11.3 Å². The third-order valence-electron chi connectivity index (χ3n) is 4.82. The quantitative estimate of drug-likeness (QED) is 0.644. The smallest absolute Gasteiger partial charge is 0.267 e. The highest BCUT2D eigenvalue weighted by molar-refractivity contribution is 7.93. The van der Waals surface area contributed by atoms with Gasteiger partial charge in [0.2, 0.25) is 10.0 Å². The highest BCUT2D eigenvalue weighted by Crippen LogP contribution is 2.30. The minimum absolute atomic E-state index is 0.00667. The Bertz CT molecular complexity index is 1190. The molecule has 3 aromatic rings. The van der Waals surface area contributed by atoms with Crippen LogP contribution in [0.5, 0.6) is 0 Å². The summed E-state index contributed by atoms with van der Waals surface area (Å²) in [6.45, 7) is 2.00. The zero-order valence-corrected chi connectivity index (χ0v) is 17.9. The van der Waals surface area contributed by atoms with Gasteiger partial charge in [-0.05, 0) is 37.1 Å². The van der Waals surface area contributed by atoms with Crippen LogP contribution < -0.4 is 9.62 Å². The monoisotopic (exact) mass is 445 g/mol. The minimum Gasteiger partial charge on any atom is -0.321 e. The van der Waals surface area contributed by atoms with Crippen molar-refractivity contribution >= 4 is 38.6 Å². The van der Waals surface area contributed by atoms with Gasteiger partial charge in [-0.25, -0.2) is 17.8 Å². The molecule has 0 aliphatic carbocycles. The second kappa shape index (κ2) is 8.16. The van der Waals surface area contributed by atoms with Gasteiger partial charge in [-0.2, -0.15) is 0 Å². The fourth-order valence-corrected chi connectivity index (χ4v) is 5.94. The lowest BCUT2D eigenvalue weighted by atomic mass is 10.2. The Balaban J connectivity index is 1.54. The van der Waals surface area contributed by atoms with Crippen LogP contribution in [0.15, 0.2) is 48.5 Å². The molecule has 0 unspecified atom stereocenters. The largest absolute Gasteiger partial charge is 0.321 e. The number of benzene rings is 2. The van der Waals surface area contributed by atoms with Crippen LogP contribution in [0.1, 0.15) is 32.4 Å². The first kappa shape index (κ1) is 20.5. The van der Waals surface area contributed by atoms with Crippen molar-refractivity contribution < 1.29 is 17.6 Å². The molecule has 30 heavy (non-hydrogen) atoms. The van der Waals surface area contributed by atoms with E-state index in [1.54, 1.807) is 6.92 Å². The van der Waals surface area contributed by atoms with Gasteiger partial charge in [0.25, 0.3) is 5.91 Å². The van der Waals surface area contributed by atoms with Gasteiger partial charge in [0.15, 0.2) is 0 Å². The number of amides is 1. The Morgan fingerprint density at radius 2 is 2.00 bits per heavy atom. The van der Waals surface area contributed by atoms with E-state index in [1.165, 1.54) is 29.5 Å². The maximum absolute atomic E-state index is 14.3. The molecule has 2 heterocycles. The summed E-state index contributed by atoms with van der Waals surface area (Å²) in [5.74, 6) is -1.00. The first-order valence-electron chi connectivity index (χ1n) is 9.45. The van der Waals surface area contributed by atoms with Crippen molar-refractivity contribution in [1.29, 1.82) is 0 Å². The molecule has 1 N–H and O–H groups in total.